The Bertz CT molecular complexity index is 817. The smallest absolute Gasteiger partial charge is 0.331 e. The summed E-state index contributed by atoms with van der Waals surface area (Å²) in [4.78, 5) is 11.6. The third kappa shape index (κ3) is 3.45. The predicted octanol–water partition coefficient (Wildman–Crippen LogP) is 4.50. The number of anilines is 2. The Morgan fingerprint density at radius 2 is 1.83 bits per heavy atom. The van der Waals surface area contributed by atoms with Crippen molar-refractivity contribution in [2.75, 3.05) is 5.32 Å². The summed E-state index contributed by atoms with van der Waals surface area (Å²) >= 11 is 0.692. The molecule has 2 aromatic heterocycles. The Balaban J connectivity index is 1.87. The Kier molecular flexibility index (Phi) is 3.95. The third-order valence-electron chi connectivity index (χ3n) is 2.86. The highest BCUT2D eigenvalue weighted by atomic mass is 32.1. The average Bonchev–Trinajstić information content (AvgIpc) is 2.88. The highest BCUT2D eigenvalue weighted by Crippen LogP contribution is 2.33. The molecule has 0 radical (unpaired) electrons. The summed E-state index contributed by atoms with van der Waals surface area (Å²) in [5.41, 5.74) is -0.191. The average molecular weight is 340 g/mol. The van der Waals surface area contributed by atoms with E-state index in [9.17, 15) is 17.6 Å². The fourth-order valence-corrected chi connectivity index (χ4v) is 2.59. The number of nitrogens with zero attached hydrogens (tertiary/aromatic N) is 3. The maximum atomic E-state index is 13.9. The van der Waals surface area contributed by atoms with Gasteiger partial charge in [0, 0.05) is 23.6 Å². The third-order valence-corrected chi connectivity index (χ3v) is 3.62. The lowest BCUT2D eigenvalue weighted by atomic mass is 10.2. The fraction of sp³-hybridized carbons (Fsp3) is 0.0714. The Labute approximate surface area is 131 Å². The van der Waals surface area contributed by atoms with Crippen LogP contribution in [0.1, 0.15) is 5.56 Å². The van der Waals surface area contributed by atoms with Crippen LogP contribution in [-0.4, -0.2) is 15.0 Å². The van der Waals surface area contributed by atoms with Crippen LogP contribution in [0.25, 0.3) is 11.3 Å². The van der Waals surface area contributed by atoms with Gasteiger partial charge in [0.1, 0.15) is 12.0 Å². The molecule has 2 heterocycles. The number of hydrogen-bond donors (Lipinski definition) is 1. The molecular formula is C14H8F4N4S. The van der Waals surface area contributed by atoms with Gasteiger partial charge in [-0.1, -0.05) is 17.4 Å². The molecule has 4 nitrogen and oxygen atoms in total. The van der Waals surface area contributed by atoms with Gasteiger partial charge in [-0.15, -0.1) is 0 Å². The van der Waals surface area contributed by atoms with Crippen LogP contribution in [0, 0.1) is 5.13 Å². The summed E-state index contributed by atoms with van der Waals surface area (Å²) < 4.78 is 52.0. The van der Waals surface area contributed by atoms with Gasteiger partial charge >= 0.3 is 6.18 Å². The van der Waals surface area contributed by atoms with Crippen LogP contribution in [0.15, 0.2) is 43.0 Å². The van der Waals surface area contributed by atoms with Crippen molar-refractivity contribution >= 4 is 22.2 Å². The van der Waals surface area contributed by atoms with E-state index in [0.717, 1.165) is 12.1 Å². The molecule has 0 spiro atoms. The van der Waals surface area contributed by atoms with Crippen molar-refractivity contribution in [1.29, 1.82) is 0 Å². The number of benzene rings is 1. The second kappa shape index (κ2) is 5.92. The van der Waals surface area contributed by atoms with Crippen LogP contribution in [0.3, 0.4) is 0 Å². The first-order valence-electron chi connectivity index (χ1n) is 6.29. The number of rotatable bonds is 3. The monoisotopic (exact) mass is 340 g/mol. The van der Waals surface area contributed by atoms with Gasteiger partial charge in [0.25, 0.3) is 0 Å². The first-order valence-corrected chi connectivity index (χ1v) is 7.11. The van der Waals surface area contributed by atoms with Crippen LogP contribution in [-0.2, 0) is 6.18 Å². The molecule has 0 aliphatic heterocycles. The van der Waals surface area contributed by atoms with Crippen molar-refractivity contribution in [3.63, 3.8) is 0 Å². The van der Waals surface area contributed by atoms with Crippen molar-refractivity contribution in [1.82, 2.24) is 15.0 Å². The SMILES string of the molecule is Fc1sc(Nc2cccc(C(F)(F)F)c2)nc1-c1cncnc1. The number of hydrogen-bond acceptors (Lipinski definition) is 5. The summed E-state index contributed by atoms with van der Waals surface area (Å²) in [6, 6.07) is 4.60. The Morgan fingerprint density at radius 3 is 2.52 bits per heavy atom. The summed E-state index contributed by atoms with van der Waals surface area (Å²) in [7, 11) is 0. The first kappa shape index (κ1) is 15.3. The Hall–Kier alpha value is -2.55. The summed E-state index contributed by atoms with van der Waals surface area (Å²) in [6.45, 7) is 0. The molecule has 0 aliphatic rings. The standard InChI is InChI=1S/C14H8F4N4S/c15-12-11(8-5-19-7-20-6-8)22-13(23-12)21-10-3-1-2-9(4-10)14(16,17)18/h1-7H,(H,21,22). The normalized spacial score (nSPS) is 11.5. The summed E-state index contributed by atoms with van der Waals surface area (Å²) in [6.07, 6.45) is -0.341. The molecule has 0 aliphatic carbocycles. The molecule has 118 valence electrons. The molecule has 0 unspecified atom stereocenters. The van der Waals surface area contributed by atoms with E-state index in [4.69, 9.17) is 0 Å². The topological polar surface area (TPSA) is 50.7 Å². The number of alkyl halides is 3. The van der Waals surface area contributed by atoms with Crippen LogP contribution < -0.4 is 5.32 Å². The van der Waals surface area contributed by atoms with E-state index in [-0.39, 0.29) is 16.5 Å². The molecule has 1 N–H and O–H groups in total. The zero-order valence-corrected chi connectivity index (χ0v) is 12.1. The van der Waals surface area contributed by atoms with E-state index in [0.29, 0.717) is 16.9 Å². The predicted molar refractivity (Wildman–Crippen MR) is 77.8 cm³/mol. The molecule has 0 saturated carbocycles. The number of thiazole rings is 1. The molecule has 23 heavy (non-hydrogen) atoms. The maximum Gasteiger partial charge on any atom is 0.416 e. The minimum atomic E-state index is -4.45. The van der Waals surface area contributed by atoms with Crippen molar-refractivity contribution in [3.05, 3.63) is 53.7 Å². The lowest BCUT2D eigenvalue weighted by Crippen LogP contribution is -2.05. The lowest BCUT2D eigenvalue weighted by molar-refractivity contribution is -0.137. The largest absolute Gasteiger partial charge is 0.416 e. The zero-order valence-electron chi connectivity index (χ0n) is 11.3. The summed E-state index contributed by atoms with van der Waals surface area (Å²) in [5.74, 6) is 0. The Morgan fingerprint density at radius 1 is 1.09 bits per heavy atom. The van der Waals surface area contributed by atoms with Crippen LogP contribution >= 0.6 is 11.3 Å². The summed E-state index contributed by atoms with van der Waals surface area (Å²) in [5, 5.41) is 2.24. The minimum Gasteiger partial charge on any atom is -0.331 e. The van der Waals surface area contributed by atoms with E-state index < -0.39 is 16.9 Å². The second-order valence-corrected chi connectivity index (χ2v) is 5.42. The molecule has 3 aromatic rings. The van der Waals surface area contributed by atoms with E-state index in [1.54, 1.807) is 0 Å². The van der Waals surface area contributed by atoms with E-state index in [2.05, 4.69) is 20.3 Å². The van der Waals surface area contributed by atoms with Gasteiger partial charge in [-0.3, -0.25) is 0 Å². The van der Waals surface area contributed by atoms with Crippen molar-refractivity contribution in [3.8, 4) is 11.3 Å². The molecule has 1 aromatic carbocycles. The molecule has 0 fully saturated rings. The maximum absolute atomic E-state index is 13.9. The van der Waals surface area contributed by atoms with Crippen molar-refractivity contribution < 1.29 is 17.6 Å². The van der Waals surface area contributed by atoms with Gasteiger partial charge in [0.2, 0.25) is 5.13 Å². The molecule has 0 saturated heterocycles. The zero-order chi connectivity index (χ0) is 16.4. The van der Waals surface area contributed by atoms with E-state index in [1.807, 2.05) is 0 Å². The van der Waals surface area contributed by atoms with Gasteiger partial charge in [0.05, 0.1) is 5.56 Å². The number of nitrogens with one attached hydrogen (secondary N) is 1. The number of halogens is 4. The fourth-order valence-electron chi connectivity index (χ4n) is 1.85. The number of aromatic nitrogens is 3. The van der Waals surface area contributed by atoms with Crippen molar-refractivity contribution in [2.45, 2.75) is 6.18 Å². The van der Waals surface area contributed by atoms with Crippen LogP contribution in [0.4, 0.5) is 28.4 Å². The van der Waals surface area contributed by atoms with Crippen LogP contribution in [0.2, 0.25) is 0 Å². The minimum absolute atomic E-state index is 0.0464. The molecule has 0 amide bonds. The van der Waals surface area contributed by atoms with Gasteiger partial charge in [0.15, 0.2) is 5.13 Å². The lowest BCUT2D eigenvalue weighted by Gasteiger charge is -2.08. The van der Waals surface area contributed by atoms with Gasteiger partial charge in [-0.2, -0.15) is 17.6 Å². The van der Waals surface area contributed by atoms with Gasteiger partial charge in [-0.05, 0) is 18.2 Å². The quantitative estimate of drug-likeness (QED) is 0.713. The molecule has 9 heteroatoms. The van der Waals surface area contributed by atoms with Crippen molar-refractivity contribution in [2.24, 2.45) is 0 Å². The van der Waals surface area contributed by atoms with Gasteiger partial charge < -0.3 is 5.32 Å². The molecular weight excluding hydrogens is 332 g/mol. The van der Waals surface area contributed by atoms with Crippen LogP contribution in [0.5, 0.6) is 0 Å². The molecule has 3 rings (SSSR count). The van der Waals surface area contributed by atoms with Gasteiger partial charge in [-0.25, -0.2) is 15.0 Å². The highest BCUT2D eigenvalue weighted by Gasteiger charge is 2.30. The highest BCUT2D eigenvalue weighted by molar-refractivity contribution is 7.14. The van der Waals surface area contributed by atoms with E-state index >= 15 is 0 Å². The van der Waals surface area contributed by atoms with E-state index in [1.165, 1.54) is 30.9 Å². The molecule has 0 bridgehead atoms. The molecule has 0 atom stereocenters. The second-order valence-electron chi connectivity index (χ2n) is 4.47. The first-order chi connectivity index (χ1) is 10.9.